The first-order valence-electron chi connectivity index (χ1n) is 6.38. The van der Waals surface area contributed by atoms with Crippen LogP contribution in [0.5, 0.6) is 0 Å². The molecule has 0 radical (unpaired) electrons. The van der Waals surface area contributed by atoms with E-state index in [1.165, 1.54) is 4.88 Å². The average molecular weight is 304 g/mol. The van der Waals surface area contributed by atoms with E-state index in [-0.39, 0.29) is 5.91 Å². The molecule has 1 aromatic heterocycles. The number of aryl methyl sites for hydroxylation is 1. The fourth-order valence-corrected chi connectivity index (χ4v) is 2.55. The Bertz CT molecular complexity index is 553. The number of carbonyl (C=O) groups excluding carboxylic acids is 1. The zero-order valence-corrected chi connectivity index (χ0v) is 12.6. The Hall–Kier alpha value is -1.72. The van der Waals surface area contributed by atoms with E-state index < -0.39 is 0 Å². The molecule has 0 aliphatic carbocycles. The summed E-state index contributed by atoms with van der Waals surface area (Å²) in [5.41, 5.74) is 1.15. The summed E-state index contributed by atoms with van der Waals surface area (Å²) in [6.45, 7) is 0.648. The molecule has 1 heterocycles. The Labute approximate surface area is 128 Å². The van der Waals surface area contributed by atoms with Crippen LogP contribution in [0.2, 0.25) is 0 Å². The minimum Gasteiger partial charge on any atom is -0.357 e. The Morgan fingerprint density at radius 2 is 1.95 bits per heavy atom. The van der Waals surface area contributed by atoms with E-state index in [4.69, 9.17) is 12.2 Å². The second-order valence-electron chi connectivity index (χ2n) is 4.30. The maximum atomic E-state index is 11.8. The fourth-order valence-electron chi connectivity index (χ4n) is 1.72. The van der Waals surface area contributed by atoms with Crippen LogP contribution in [0, 0.1) is 0 Å². The van der Waals surface area contributed by atoms with Gasteiger partial charge in [0.25, 0.3) is 0 Å². The van der Waals surface area contributed by atoms with Crippen molar-refractivity contribution in [1.82, 2.24) is 10.6 Å². The first-order chi connectivity index (χ1) is 9.74. The van der Waals surface area contributed by atoms with Crippen LogP contribution < -0.4 is 10.6 Å². The average Bonchev–Trinajstić information content (AvgIpc) is 2.97. The van der Waals surface area contributed by atoms with Gasteiger partial charge < -0.3 is 10.6 Å². The molecule has 0 spiro atoms. The van der Waals surface area contributed by atoms with Crippen molar-refractivity contribution in [2.24, 2.45) is 0 Å². The molecule has 104 valence electrons. The molecule has 20 heavy (non-hydrogen) atoms. The quantitative estimate of drug-likeness (QED) is 0.835. The molecular formula is C15H16N2OS2. The first kappa shape index (κ1) is 14.7. The minimum absolute atomic E-state index is 0.0578. The van der Waals surface area contributed by atoms with Gasteiger partial charge in [0.15, 0.2) is 5.11 Å². The van der Waals surface area contributed by atoms with Gasteiger partial charge in [-0.05, 0) is 35.6 Å². The van der Waals surface area contributed by atoms with E-state index in [2.05, 4.69) is 10.6 Å². The van der Waals surface area contributed by atoms with Gasteiger partial charge in [-0.3, -0.25) is 4.79 Å². The summed E-state index contributed by atoms with van der Waals surface area (Å²) >= 11 is 6.75. The topological polar surface area (TPSA) is 41.1 Å². The van der Waals surface area contributed by atoms with Gasteiger partial charge in [0.2, 0.25) is 5.91 Å². The van der Waals surface area contributed by atoms with Crippen molar-refractivity contribution in [1.29, 1.82) is 0 Å². The van der Waals surface area contributed by atoms with E-state index in [9.17, 15) is 4.79 Å². The molecule has 0 aliphatic rings. The summed E-state index contributed by atoms with van der Waals surface area (Å²) in [6, 6.07) is 14.0. The molecule has 3 nitrogen and oxygen atoms in total. The zero-order chi connectivity index (χ0) is 14.2. The van der Waals surface area contributed by atoms with E-state index in [1.54, 1.807) is 11.3 Å². The Balaban J connectivity index is 1.67. The van der Waals surface area contributed by atoms with Crippen molar-refractivity contribution in [3.05, 3.63) is 58.3 Å². The van der Waals surface area contributed by atoms with Crippen LogP contribution in [-0.2, 0) is 17.8 Å². The molecule has 0 aliphatic heterocycles. The van der Waals surface area contributed by atoms with Crippen LogP contribution in [0.3, 0.4) is 0 Å². The van der Waals surface area contributed by atoms with Gasteiger partial charge in [0.1, 0.15) is 0 Å². The van der Waals surface area contributed by atoms with Gasteiger partial charge in [0, 0.05) is 11.3 Å². The van der Waals surface area contributed by atoms with E-state index in [0.717, 1.165) is 12.0 Å². The maximum absolute atomic E-state index is 11.8. The van der Waals surface area contributed by atoms with Gasteiger partial charge in [-0.2, -0.15) is 0 Å². The largest absolute Gasteiger partial charge is 0.357 e. The second kappa shape index (κ2) is 7.77. The SMILES string of the molecule is O=C(CCc1ccccc1)NC(=S)NCc1cccs1. The van der Waals surface area contributed by atoms with Gasteiger partial charge in [0.05, 0.1) is 6.54 Å². The lowest BCUT2D eigenvalue weighted by atomic mass is 10.1. The van der Waals surface area contributed by atoms with Gasteiger partial charge in [-0.15, -0.1) is 11.3 Å². The van der Waals surface area contributed by atoms with Crippen LogP contribution >= 0.6 is 23.6 Å². The molecule has 0 saturated carbocycles. The predicted octanol–water partition coefficient (Wildman–Crippen LogP) is 2.87. The standard InChI is InChI=1S/C15H16N2OS2/c18-14(9-8-12-5-2-1-3-6-12)17-15(19)16-11-13-7-4-10-20-13/h1-7,10H,8-9,11H2,(H2,16,17,18,19). The Morgan fingerprint density at radius 3 is 2.65 bits per heavy atom. The smallest absolute Gasteiger partial charge is 0.226 e. The van der Waals surface area contributed by atoms with Crippen molar-refractivity contribution in [3.63, 3.8) is 0 Å². The molecule has 0 bridgehead atoms. The number of rotatable bonds is 5. The third-order valence-corrected chi connectivity index (χ3v) is 3.86. The second-order valence-corrected chi connectivity index (χ2v) is 5.74. The number of hydrogen-bond donors (Lipinski definition) is 2. The normalized spacial score (nSPS) is 10.0. The van der Waals surface area contributed by atoms with Crippen molar-refractivity contribution >= 4 is 34.6 Å². The number of nitrogens with one attached hydrogen (secondary N) is 2. The summed E-state index contributed by atoms with van der Waals surface area (Å²) in [7, 11) is 0. The molecule has 2 N–H and O–H groups in total. The number of carbonyl (C=O) groups is 1. The number of thiophene rings is 1. The molecule has 1 amide bonds. The van der Waals surface area contributed by atoms with E-state index in [1.807, 2.05) is 47.8 Å². The van der Waals surface area contributed by atoms with Gasteiger partial charge >= 0.3 is 0 Å². The molecule has 2 aromatic rings. The number of benzene rings is 1. The molecule has 0 atom stereocenters. The molecule has 5 heteroatoms. The van der Waals surface area contributed by atoms with Crippen LogP contribution in [0.1, 0.15) is 16.9 Å². The van der Waals surface area contributed by atoms with Gasteiger partial charge in [-0.1, -0.05) is 36.4 Å². The lowest BCUT2D eigenvalue weighted by Crippen LogP contribution is -2.38. The highest BCUT2D eigenvalue weighted by atomic mass is 32.1. The van der Waals surface area contributed by atoms with Crippen molar-refractivity contribution in [3.8, 4) is 0 Å². The first-order valence-corrected chi connectivity index (χ1v) is 7.67. The van der Waals surface area contributed by atoms with Crippen molar-refractivity contribution in [2.75, 3.05) is 0 Å². The Kier molecular flexibility index (Phi) is 5.70. The predicted molar refractivity (Wildman–Crippen MR) is 86.7 cm³/mol. The van der Waals surface area contributed by atoms with Crippen molar-refractivity contribution in [2.45, 2.75) is 19.4 Å². The third-order valence-electron chi connectivity index (χ3n) is 2.74. The van der Waals surface area contributed by atoms with Crippen LogP contribution in [0.4, 0.5) is 0 Å². The number of amides is 1. The maximum Gasteiger partial charge on any atom is 0.226 e. The van der Waals surface area contributed by atoms with E-state index in [0.29, 0.717) is 18.1 Å². The lowest BCUT2D eigenvalue weighted by molar-refractivity contribution is -0.119. The van der Waals surface area contributed by atoms with Gasteiger partial charge in [-0.25, -0.2) is 0 Å². The minimum atomic E-state index is -0.0578. The fraction of sp³-hybridized carbons (Fsp3) is 0.200. The van der Waals surface area contributed by atoms with Crippen LogP contribution in [0.25, 0.3) is 0 Å². The number of hydrogen-bond acceptors (Lipinski definition) is 3. The summed E-state index contributed by atoms with van der Waals surface area (Å²) in [6.07, 6.45) is 1.16. The Morgan fingerprint density at radius 1 is 1.15 bits per heavy atom. The van der Waals surface area contributed by atoms with Crippen LogP contribution in [0.15, 0.2) is 47.8 Å². The highest BCUT2D eigenvalue weighted by molar-refractivity contribution is 7.80. The van der Waals surface area contributed by atoms with Crippen molar-refractivity contribution < 1.29 is 4.79 Å². The highest BCUT2D eigenvalue weighted by Crippen LogP contribution is 2.07. The molecule has 0 fully saturated rings. The summed E-state index contributed by atoms with van der Waals surface area (Å²) in [4.78, 5) is 12.9. The molecule has 1 aromatic carbocycles. The highest BCUT2D eigenvalue weighted by Gasteiger charge is 2.05. The van der Waals surface area contributed by atoms with Crippen LogP contribution in [-0.4, -0.2) is 11.0 Å². The summed E-state index contributed by atoms with van der Waals surface area (Å²) in [5.74, 6) is -0.0578. The summed E-state index contributed by atoms with van der Waals surface area (Å²) < 4.78 is 0. The lowest BCUT2D eigenvalue weighted by Gasteiger charge is -2.08. The zero-order valence-electron chi connectivity index (χ0n) is 11.0. The molecular weight excluding hydrogens is 288 g/mol. The molecule has 0 saturated heterocycles. The number of thiocarbonyl (C=S) groups is 1. The van der Waals surface area contributed by atoms with E-state index >= 15 is 0 Å². The monoisotopic (exact) mass is 304 g/mol. The summed E-state index contributed by atoms with van der Waals surface area (Å²) in [5, 5.41) is 8.12. The molecule has 2 rings (SSSR count). The molecule has 0 unspecified atom stereocenters. The third kappa shape index (κ3) is 5.11.